The lowest BCUT2D eigenvalue weighted by molar-refractivity contribution is 0.0940. The molecule has 3 aromatic rings. The van der Waals surface area contributed by atoms with Crippen molar-refractivity contribution in [2.75, 3.05) is 24.8 Å². The molecule has 35 heavy (non-hydrogen) atoms. The van der Waals surface area contributed by atoms with Gasteiger partial charge in [-0.25, -0.2) is 12.8 Å². The Morgan fingerprint density at radius 3 is 2.23 bits per heavy atom. The molecule has 1 atom stereocenters. The zero-order chi connectivity index (χ0) is 25.8. The van der Waals surface area contributed by atoms with E-state index in [-0.39, 0.29) is 34.9 Å². The number of amides is 1. The Kier molecular flexibility index (Phi) is 8.24. The summed E-state index contributed by atoms with van der Waals surface area (Å²) < 4.78 is 51.7. The van der Waals surface area contributed by atoms with Gasteiger partial charge < -0.3 is 14.8 Å². The zero-order valence-corrected chi connectivity index (χ0v) is 21.3. The summed E-state index contributed by atoms with van der Waals surface area (Å²) in [4.78, 5) is 13.4. The molecule has 1 amide bonds. The Bertz CT molecular complexity index is 1320. The Morgan fingerprint density at radius 2 is 1.66 bits per heavy atom. The maximum atomic E-state index is 14.4. The maximum Gasteiger partial charge on any atom is 0.254 e. The van der Waals surface area contributed by atoms with E-state index < -0.39 is 27.8 Å². The molecular formula is C25H26ClFN2O5S. The number of rotatable bonds is 9. The lowest BCUT2D eigenvalue weighted by Crippen LogP contribution is -2.33. The summed E-state index contributed by atoms with van der Waals surface area (Å²) in [6.45, 7) is 1.46. The third-order valence-electron chi connectivity index (χ3n) is 5.40. The van der Waals surface area contributed by atoms with Gasteiger partial charge in [-0.3, -0.25) is 9.10 Å². The highest BCUT2D eigenvalue weighted by Gasteiger charge is 2.28. The predicted molar refractivity (Wildman–Crippen MR) is 134 cm³/mol. The number of carbonyl (C=O) groups is 1. The van der Waals surface area contributed by atoms with Gasteiger partial charge in [-0.05, 0) is 36.8 Å². The van der Waals surface area contributed by atoms with Crippen molar-refractivity contribution >= 4 is 33.2 Å². The standard InChI is InChI=1S/C25H26ClFN2O5S/c1-16(17-9-11-19(26)12-10-17)28-25(30)20-13-23(33-2)24(34-3)14-22(20)29(35(4,31)32)15-18-7-5-6-8-21(18)27/h5-14,16H,15H2,1-4H3,(H,28,30)/t16-/m0/s1. The molecule has 3 rings (SSSR count). The Hall–Kier alpha value is -3.30. The molecule has 0 saturated carbocycles. The van der Waals surface area contributed by atoms with Crippen LogP contribution in [0.4, 0.5) is 10.1 Å². The number of anilines is 1. The van der Waals surface area contributed by atoms with E-state index in [1.165, 1.54) is 44.6 Å². The van der Waals surface area contributed by atoms with Crippen LogP contribution in [-0.2, 0) is 16.6 Å². The molecule has 0 aliphatic carbocycles. The second-order valence-electron chi connectivity index (χ2n) is 7.83. The summed E-state index contributed by atoms with van der Waals surface area (Å²) >= 11 is 5.95. The van der Waals surface area contributed by atoms with E-state index >= 15 is 0 Å². The number of hydrogen-bond acceptors (Lipinski definition) is 5. The first-order valence-corrected chi connectivity index (χ1v) is 12.8. The summed E-state index contributed by atoms with van der Waals surface area (Å²) in [5.74, 6) is -0.665. The fraction of sp³-hybridized carbons (Fsp3) is 0.240. The van der Waals surface area contributed by atoms with Gasteiger partial charge >= 0.3 is 0 Å². The van der Waals surface area contributed by atoms with Gasteiger partial charge in [0.05, 0.1) is 44.3 Å². The molecule has 0 radical (unpaired) electrons. The van der Waals surface area contributed by atoms with E-state index in [0.717, 1.165) is 16.1 Å². The topological polar surface area (TPSA) is 84.9 Å². The quantitative estimate of drug-likeness (QED) is 0.431. The number of carbonyl (C=O) groups excluding carboxylic acids is 1. The second kappa shape index (κ2) is 11.0. The molecule has 3 aromatic carbocycles. The highest BCUT2D eigenvalue weighted by Crippen LogP contribution is 2.37. The number of methoxy groups -OCH3 is 2. The van der Waals surface area contributed by atoms with Crippen LogP contribution in [0.5, 0.6) is 11.5 Å². The lowest BCUT2D eigenvalue weighted by atomic mass is 10.1. The van der Waals surface area contributed by atoms with Crippen LogP contribution in [0.15, 0.2) is 60.7 Å². The molecule has 7 nitrogen and oxygen atoms in total. The molecule has 0 spiro atoms. The van der Waals surface area contributed by atoms with Crippen LogP contribution in [0.2, 0.25) is 5.02 Å². The molecule has 10 heteroatoms. The van der Waals surface area contributed by atoms with Crippen molar-refractivity contribution in [2.24, 2.45) is 0 Å². The fourth-order valence-corrected chi connectivity index (χ4v) is 4.54. The van der Waals surface area contributed by atoms with Crippen molar-refractivity contribution in [2.45, 2.75) is 19.5 Å². The molecule has 0 saturated heterocycles. The summed E-state index contributed by atoms with van der Waals surface area (Å²) in [5.41, 5.74) is 0.990. The van der Waals surface area contributed by atoms with E-state index in [1.54, 1.807) is 37.3 Å². The third kappa shape index (κ3) is 6.23. The van der Waals surface area contributed by atoms with E-state index in [0.29, 0.717) is 5.02 Å². The SMILES string of the molecule is COc1cc(C(=O)N[C@@H](C)c2ccc(Cl)cc2)c(N(Cc2ccccc2F)S(C)(=O)=O)cc1OC. The molecule has 0 aliphatic rings. The molecule has 0 heterocycles. The number of ether oxygens (including phenoxy) is 2. The van der Waals surface area contributed by atoms with E-state index in [2.05, 4.69) is 5.32 Å². The van der Waals surface area contributed by atoms with E-state index in [1.807, 2.05) is 0 Å². The maximum absolute atomic E-state index is 14.4. The van der Waals surface area contributed by atoms with Crippen LogP contribution in [0.3, 0.4) is 0 Å². The summed E-state index contributed by atoms with van der Waals surface area (Å²) in [5, 5.41) is 3.43. The molecule has 0 fully saturated rings. The first-order chi connectivity index (χ1) is 16.5. The smallest absolute Gasteiger partial charge is 0.254 e. The van der Waals surface area contributed by atoms with Crippen molar-refractivity contribution in [3.63, 3.8) is 0 Å². The fourth-order valence-electron chi connectivity index (χ4n) is 3.53. The van der Waals surface area contributed by atoms with Gasteiger partial charge in [-0.15, -0.1) is 0 Å². The molecule has 1 N–H and O–H groups in total. The normalized spacial score (nSPS) is 12.1. The highest BCUT2D eigenvalue weighted by molar-refractivity contribution is 7.92. The summed E-state index contributed by atoms with van der Waals surface area (Å²) in [6.07, 6.45) is 0.989. The molecule has 0 bridgehead atoms. The minimum atomic E-state index is -3.94. The molecule has 0 unspecified atom stereocenters. The largest absolute Gasteiger partial charge is 0.493 e. The van der Waals surface area contributed by atoms with Gasteiger partial charge in [0.1, 0.15) is 5.82 Å². The number of nitrogens with one attached hydrogen (secondary N) is 1. The van der Waals surface area contributed by atoms with Crippen molar-refractivity contribution < 1.29 is 27.1 Å². The molecule has 186 valence electrons. The van der Waals surface area contributed by atoms with Crippen molar-refractivity contribution in [1.29, 1.82) is 0 Å². The van der Waals surface area contributed by atoms with Crippen LogP contribution in [0.1, 0.15) is 34.5 Å². The number of sulfonamides is 1. The van der Waals surface area contributed by atoms with Gasteiger partial charge in [0.2, 0.25) is 10.0 Å². The van der Waals surface area contributed by atoms with Gasteiger partial charge in [0.25, 0.3) is 5.91 Å². The monoisotopic (exact) mass is 520 g/mol. The highest BCUT2D eigenvalue weighted by atomic mass is 35.5. The Morgan fingerprint density at radius 1 is 1.06 bits per heavy atom. The Labute approximate surface area is 209 Å². The number of nitrogens with zero attached hydrogens (tertiary/aromatic N) is 1. The average molecular weight is 521 g/mol. The first-order valence-electron chi connectivity index (χ1n) is 10.6. The van der Waals surface area contributed by atoms with E-state index in [9.17, 15) is 17.6 Å². The predicted octanol–water partition coefficient (Wildman–Crippen LogP) is 4.95. The minimum absolute atomic E-state index is 0.0187. The molecular weight excluding hydrogens is 495 g/mol. The van der Waals surface area contributed by atoms with Crippen LogP contribution in [0.25, 0.3) is 0 Å². The summed E-state index contributed by atoms with van der Waals surface area (Å²) in [7, 11) is -1.14. The first kappa shape index (κ1) is 26.3. The average Bonchev–Trinajstić information content (AvgIpc) is 2.82. The number of benzene rings is 3. The van der Waals surface area contributed by atoms with Gasteiger partial charge in [-0.1, -0.05) is 41.9 Å². The van der Waals surface area contributed by atoms with Crippen molar-refractivity contribution in [3.05, 3.63) is 88.2 Å². The van der Waals surface area contributed by atoms with Crippen LogP contribution < -0.4 is 19.1 Å². The van der Waals surface area contributed by atoms with Gasteiger partial charge in [0.15, 0.2) is 11.5 Å². The number of halogens is 2. The van der Waals surface area contributed by atoms with Crippen molar-refractivity contribution in [3.8, 4) is 11.5 Å². The van der Waals surface area contributed by atoms with Crippen LogP contribution >= 0.6 is 11.6 Å². The third-order valence-corrected chi connectivity index (χ3v) is 6.78. The number of hydrogen-bond donors (Lipinski definition) is 1. The van der Waals surface area contributed by atoms with Gasteiger partial charge in [-0.2, -0.15) is 0 Å². The van der Waals surface area contributed by atoms with E-state index in [4.69, 9.17) is 21.1 Å². The van der Waals surface area contributed by atoms with Crippen LogP contribution in [0, 0.1) is 5.82 Å². The van der Waals surface area contributed by atoms with Crippen molar-refractivity contribution in [1.82, 2.24) is 5.32 Å². The molecule has 0 aromatic heterocycles. The second-order valence-corrected chi connectivity index (χ2v) is 10.2. The van der Waals surface area contributed by atoms with Crippen LogP contribution in [-0.4, -0.2) is 34.8 Å². The Balaban J connectivity index is 2.10. The zero-order valence-electron chi connectivity index (χ0n) is 19.7. The minimum Gasteiger partial charge on any atom is -0.493 e. The summed E-state index contributed by atoms with van der Waals surface area (Å²) in [6, 6.07) is 15.2. The van der Waals surface area contributed by atoms with Gasteiger partial charge in [0, 0.05) is 16.7 Å². The lowest BCUT2D eigenvalue weighted by Gasteiger charge is -2.26. The molecule has 0 aliphatic heterocycles.